The van der Waals surface area contributed by atoms with Gasteiger partial charge >= 0.3 is 19.8 Å². The van der Waals surface area contributed by atoms with Gasteiger partial charge in [0.1, 0.15) is 12.7 Å². The molecule has 0 bridgehead atoms. The molecule has 0 fully saturated rings. The Balaban J connectivity index is 3.97. The zero-order valence-corrected chi connectivity index (χ0v) is 34.9. The molecular weight excluding hydrogens is 721 g/mol. The van der Waals surface area contributed by atoms with Crippen molar-refractivity contribution in [2.24, 2.45) is 0 Å². The first-order valence-corrected chi connectivity index (χ1v) is 22.3. The molecule has 4 N–H and O–H groups in total. The van der Waals surface area contributed by atoms with E-state index < -0.39 is 57.6 Å². The van der Waals surface area contributed by atoms with Crippen LogP contribution in [-0.2, 0) is 32.7 Å². The van der Waals surface area contributed by atoms with Crippen molar-refractivity contribution in [1.29, 1.82) is 0 Å². The van der Waals surface area contributed by atoms with Gasteiger partial charge in [-0.2, -0.15) is 0 Å². The number of hydrogen-bond donors (Lipinski definition) is 4. The number of aliphatic carboxylic acids is 1. The van der Waals surface area contributed by atoms with E-state index in [4.69, 9.17) is 13.8 Å². The number of aliphatic hydroxyl groups excluding tert-OH is 1. The summed E-state index contributed by atoms with van der Waals surface area (Å²) in [6, 6.07) is -1.56. The highest BCUT2D eigenvalue weighted by Crippen LogP contribution is 2.43. The van der Waals surface area contributed by atoms with E-state index in [9.17, 15) is 34.1 Å². The van der Waals surface area contributed by atoms with Crippen molar-refractivity contribution in [3.8, 4) is 0 Å². The Morgan fingerprint density at radius 3 is 1.58 bits per heavy atom. The van der Waals surface area contributed by atoms with Gasteiger partial charge < -0.3 is 25.2 Å². The molecule has 0 aromatic carbocycles. The monoisotopic (exact) mass is 796 g/mol. The Hall–Kier alpha value is -2.82. The lowest BCUT2D eigenvalue weighted by Gasteiger charge is -2.18. The number of phosphoric ester groups is 1. The fourth-order valence-electron chi connectivity index (χ4n) is 5.29. The summed E-state index contributed by atoms with van der Waals surface area (Å²) in [5.74, 6) is -2.41. The molecule has 3 atom stereocenters. The van der Waals surface area contributed by atoms with Crippen LogP contribution >= 0.6 is 7.82 Å². The summed E-state index contributed by atoms with van der Waals surface area (Å²) in [5.41, 5.74) is 0. The van der Waals surface area contributed by atoms with Gasteiger partial charge in [0.15, 0.2) is 6.04 Å². The smallest absolute Gasteiger partial charge is 0.472 e. The van der Waals surface area contributed by atoms with E-state index in [2.05, 4.69) is 79.9 Å². The molecular formula is C43H74NO10P. The lowest BCUT2D eigenvalue weighted by molar-refractivity contribution is -0.147. The van der Waals surface area contributed by atoms with Crippen LogP contribution in [0.3, 0.4) is 0 Å². The number of carbonyl (C=O) groups is 3. The van der Waals surface area contributed by atoms with E-state index in [0.29, 0.717) is 12.8 Å². The van der Waals surface area contributed by atoms with Crippen LogP contribution in [0.15, 0.2) is 60.8 Å². The van der Waals surface area contributed by atoms with Gasteiger partial charge in [-0.15, -0.1) is 0 Å². The summed E-state index contributed by atoms with van der Waals surface area (Å²) in [7, 11) is -4.76. The number of phosphoric acid groups is 1. The Kier molecular flexibility index (Phi) is 36.1. The topological polar surface area (TPSA) is 169 Å². The molecule has 316 valence electrons. The van der Waals surface area contributed by atoms with Gasteiger partial charge in [-0.05, 0) is 70.6 Å². The molecule has 0 saturated carbocycles. The van der Waals surface area contributed by atoms with Crippen LogP contribution in [0.25, 0.3) is 0 Å². The molecule has 3 unspecified atom stereocenters. The molecule has 11 nitrogen and oxygen atoms in total. The highest BCUT2D eigenvalue weighted by atomic mass is 31.2. The second-order valence-electron chi connectivity index (χ2n) is 13.8. The predicted molar refractivity (Wildman–Crippen MR) is 222 cm³/mol. The number of amides is 1. The molecule has 0 saturated heterocycles. The Morgan fingerprint density at radius 1 is 0.600 bits per heavy atom. The van der Waals surface area contributed by atoms with Crippen LogP contribution in [0.1, 0.15) is 162 Å². The third-order valence-electron chi connectivity index (χ3n) is 8.54. The molecule has 0 aliphatic rings. The number of rotatable bonds is 38. The van der Waals surface area contributed by atoms with Crippen molar-refractivity contribution in [1.82, 2.24) is 5.32 Å². The molecule has 0 aliphatic carbocycles. The lowest BCUT2D eigenvalue weighted by atomic mass is 10.1. The molecule has 0 radical (unpaired) electrons. The van der Waals surface area contributed by atoms with Gasteiger partial charge in [0, 0.05) is 12.8 Å². The van der Waals surface area contributed by atoms with E-state index in [1.807, 2.05) is 0 Å². The van der Waals surface area contributed by atoms with Gasteiger partial charge in [-0.3, -0.25) is 18.6 Å². The van der Waals surface area contributed by atoms with E-state index in [1.54, 1.807) is 0 Å². The fourth-order valence-corrected chi connectivity index (χ4v) is 6.06. The first-order chi connectivity index (χ1) is 26.6. The minimum absolute atomic E-state index is 0.131. The Morgan fingerprint density at radius 2 is 1.05 bits per heavy atom. The molecule has 0 aromatic rings. The summed E-state index contributed by atoms with van der Waals surface area (Å²) in [6.45, 7) is 2.40. The van der Waals surface area contributed by atoms with E-state index in [-0.39, 0.29) is 12.8 Å². The summed E-state index contributed by atoms with van der Waals surface area (Å²) in [5, 5.41) is 21.8. The second kappa shape index (κ2) is 38.1. The number of carboxylic acids is 1. The van der Waals surface area contributed by atoms with Crippen molar-refractivity contribution in [2.75, 3.05) is 19.8 Å². The number of esters is 1. The highest BCUT2D eigenvalue weighted by Gasteiger charge is 2.28. The summed E-state index contributed by atoms with van der Waals surface area (Å²) in [6.07, 6.45) is 42.4. The SMILES string of the molecule is CC/C=C\C/C=C\C/C=C\CCCCCCCCCC(=O)NC(COP(=O)(O)OCC(O)COC(=O)CCCCCCC/C=C\C/C=C\CCCC)C(=O)O. The number of carboxylic acid groups (broad SMARTS) is 1. The normalized spacial score (nSPS) is 14.4. The fraction of sp³-hybridized carbons (Fsp3) is 0.698. The van der Waals surface area contributed by atoms with Crippen LogP contribution in [0.5, 0.6) is 0 Å². The first kappa shape index (κ1) is 52.2. The predicted octanol–water partition coefficient (Wildman–Crippen LogP) is 10.4. The molecule has 55 heavy (non-hydrogen) atoms. The average molecular weight is 796 g/mol. The standard InChI is InChI=1S/C43H74NO10P/c1-3-5-7-9-11-13-15-17-19-20-21-22-24-26-28-30-32-34-41(46)44-40(43(48)49)38-54-55(50,51)53-37-39(45)36-52-42(47)35-33-31-29-27-25-23-18-16-14-12-10-8-6-4-2/h5,7,10-13,16-19,39-40,45H,3-4,6,8-9,14-15,20-38H2,1-2H3,(H,44,46)(H,48,49)(H,50,51)/b7-5-,12-10-,13-11-,18-16-,19-17-. The minimum atomic E-state index is -4.76. The zero-order chi connectivity index (χ0) is 40.7. The van der Waals surface area contributed by atoms with Crippen molar-refractivity contribution in [3.63, 3.8) is 0 Å². The van der Waals surface area contributed by atoms with Gasteiger partial charge in [-0.25, -0.2) is 9.36 Å². The maximum absolute atomic E-state index is 12.3. The van der Waals surface area contributed by atoms with Crippen LogP contribution in [0, 0.1) is 0 Å². The third kappa shape index (κ3) is 37.9. The van der Waals surface area contributed by atoms with Crippen molar-refractivity contribution < 1.29 is 47.8 Å². The molecule has 0 aliphatic heterocycles. The molecule has 12 heteroatoms. The van der Waals surface area contributed by atoms with Gasteiger partial charge in [-0.1, -0.05) is 139 Å². The number of ether oxygens (including phenoxy) is 1. The number of unbranched alkanes of at least 4 members (excludes halogenated alkanes) is 14. The van der Waals surface area contributed by atoms with E-state index in [1.165, 1.54) is 12.8 Å². The van der Waals surface area contributed by atoms with Gasteiger partial charge in [0.2, 0.25) is 5.91 Å². The zero-order valence-electron chi connectivity index (χ0n) is 34.0. The number of aliphatic hydroxyl groups is 1. The van der Waals surface area contributed by atoms with Crippen molar-refractivity contribution in [2.45, 2.75) is 174 Å². The van der Waals surface area contributed by atoms with E-state index in [0.717, 1.165) is 109 Å². The second-order valence-corrected chi connectivity index (χ2v) is 15.2. The van der Waals surface area contributed by atoms with E-state index >= 15 is 0 Å². The Labute approximate surface area is 332 Å². The largest absolute Gasteiger partial charge is 0.480 e. The maximum Gasteiger partial charge on any atom is 0.472 e. The molecule has 0 spiro atoms. The quantitative estimate of drug-likeness (QED) is 0.0204. The van der Waals surface area contributed by atoms with Crippen LogP contribution in [0.4, 0.5) is 0 Å². The molecule has 0 rings (SSSR count). The van der Waals surface area contributed by atoms with Crippen LogP contribution in [-0.4, -0.2) is 64.9 Å². The highest BCUT2D eigenvalue weighted by molar-refractivity contribution is 7.47. The average Bonchev–Trinajstić information content (AvgIpc) is 3.16. The molecule has 1 amide bonds. The molecule has 0 aromatic heterocycles. The number of allylic oxidation sites excluding steroid dienone is 10. The third-order valence-corrected chi connectivity index (χ3v) is 9.49. The van der Waals surface area contributed by atoms with Crippen molar-refractivity contribution in [3.05, 3.63) is 60.8 Å². The maximum atomic E-state index is 12.3. The Bertz CT molecular complexity index is 1170. The first-order valence-electron chi connectivity index (χ1n) is 20.8. The number of nitrogens with one attached hydrogen (secondary N) is 1. The van der Waals surface area contributed by atoms with Crippen molar-refractivity contribution >= 4 is 25.7 Å². The minimum Gasteiger partial charge on any atom is -0.480 e. The van der Waals surface area contributed by atoms with Gasteiger partial charge in [0.25, 0.3) is 0 Å². The lowest BCUT2D eigenvalue weighted by Crippen LogP contribution is -2.43. The van der Waals surface area contributed by atoms with Crippen LogP contribution < -0.4 is 5.32 Å². The summed E-state index contributed by atoms with van der Waals surface area (Å²) in [4.78, 5) is 45.8. The van der Waals surface area contributed by atoms with Crippen LogP contribution in [0.2, 0.25) is 0 Å². The molecule has 0 heterocycles. The summed E-state index contributed by atoms with van der Waals surface area (Å²) < 4.78 is 26.8. The summed E-state index contributed by atoms with van der Waals surface area (Å²) >= 11 is 0. The number of carbonyl (C=O) groups excluding carboxylic acids is 2. The number of hydrogen-bond acceptors (Lipinski definition) is 8. The van der Waals surface area contributed by atoms with Gasteiger partial charge in [0.05, 0.1) is 13.2 Å².